The Morgan fingerprint density at radius 2 is 1.83 bits per heavy atom. The number of rotatable bonds is 4. The second-order valence-corrected chi connectivity index (χ2v) is 6.79. The Hall–Kier alpha value is -3.67. The van der Waals surface area contributed by atoms with Gasteiger partial charge in [0.25, 0.3) is 5.91 Å². The van der Waals surface area contributed by atoms with Crippen LogP contribution in [0.5, 0.6) is 5.75 Å². The molecule has 29 heavy (non-hydrogen) atoms. The van der Waals surface area contributed by atoms with E-state index in [4.69, 9.17) is 4.74 Å². The minimum Gasteiger partial charge on any atom is -0.497 e. The highest BCUT2D eigenvalue weighted by Crippen LogP contribution is 2.24. The monoisotopic (exact) mass is 387 g/mol. The lowest BCUT2D eigenvalue weighted by Gasteiger charge is -2.34. The van der Waals surface area contributed by atoms with Crippen LogP contribution < -0.4 is 9.64 Å². The van der Waals surface area contributed by atoms with Gasteiger partial charge in [0.05, 0.1) is 19.0 Å². The Bertz CT molecular complexity index is 1020. The van der Waals surface area contributed by atoms with Crippen LogP contribution in [0.1, 0.15) is 10.4 Å². The maximum atomic E-state index is 12.9. The highest BCUT2D eigenvalue weighted by atomic mass is 16.5. The van der Waals surface area contributed by atoms with Crippen molar-refractivity contribution >= 4 is 17.5 Å². The summed E-state index contributed by atoms with van der Waals surface area (Å²) in [7, 11) is 1.64. The highest BCUT2D eigenvalue weighted by molar-refractivity contribution is 6.01. The molecule has 1 aliphatic rings. The van der Waals surface area contributed by atoms with Gasteiger partial charge < -0.3 is 14.5 Å². The van der Waals surface area contributed by atoms with E-state index in [0.29, 0.717) is 18.7 Å². The minimum atomic E-state index is -0.138. The Labute approximate surface area is 169 Å². The average molecular weight is 387 g/mol. The lowest BCUT2D eigenvalue weighted by molar-refractivity contribution is -0.120. The van der Waals surface area contributed by atoms with Crippen LogP contribution in [0.2, 0.25) is 0 Å². The molecule has 1 aromatic heterocycles. The van der Waals surface area contributed by atoms with Crippen LogP contribution in [0.25, 0.3) is 11.1 Å². The number of ether oxygens (including phenoxy) is 1. The summed E-state index contributed by atoms with van der Waals surface area (Å²) in [5, 5.41) is 0. The second kappa shape index (κ2) is 8.14. The van der Waals surface area contributed by atoms with Crippen LogP contribution >= 0.6 is 0 Å². The van der Waals surface area contributed by atoms with Gasteiger partial charge in [-0.15, -0.1) is 0 Å². The molecule has 0 atom stereocenters. The molecule has 4 rings (SSSR count). The van der Waals surface area contributed by atoms with Crippen molar-refractivity contribution in [2.24, 2.45) is 0 Å². The zero-order valence-electron chi connectivity index (χ0n) is 16.1. The van der Waals surface area contributed by atoms with Gasteiger partial charge in [-0.1, -0.05) is 24.3 Å². The summed E-state index contributed by atoms with van der Waals surface area (Å²) in [6, 6.07) is 18.8. The quantitative estimate of drug-likeness (QED) is 0.689. The molecule has 1 saturated heterocycles. The van der Waals surface area contributed by atoms with E-state index in [0.717, 1.165) is 22.6 Å². The number of benzene rings is 2. The number of amides is 2. The molecule has 1 fully saturated rings. The summed E-state index contributed by atoms with van der Waals surface area (Å²) in [5.74, 6) is 0.541. The summed E-state index contributed by atoms with van der Waals surface area (Å²) in [4.78, 5) is 32.7. The molecule has 2 heterocycles. The van der Waals surface area contributed by atoms with E-state index >= 15 is 0 Å². The fourth-order valence-electron chi connectivity index (χ4n) is 3.42. The highest BCUT2D eigenvalue weighted by Gasteiger charge is 2.28. The molecule has 0 unspecified atom stereocenters. The van der Waals surface area contributed by atoms with Gasteiger partial charge in [-0.2, -0.15) is 0 Å². The summed E-state index contributed by atoms with van der Waals surface area (Å²) in [6.45, 7) is 1.00. The molecule has 0 aliphatic carbocycles. The zero-order chi connectivity index (χ0) is 20.2. The largest absolute Gasteiger partial charge is 0.497 e. The van der Waals surface area contributed by atoms with Crippen molar-refractivity contribution in [3.63, 3.8) is 0 Å². The maximum Gasteiger partial charge on any atom is 0.254 e. The van der Waals surface area contributed by atoms with Crippen LogP contribution in [0.4, 0.5) is 5.69 Å². The summed E-state index contributed by atoms with van der Waals surface area (Å²) >= 11 is 0. The number of piperazine rings is 1. The minimum absolute atomic E-state index is 0.0609. The molecule has 0 N–H and O–H groups in total. The van der Waals surface area contributed by atoms with Gasteiger partial charge in [-0.25, -0.2) is 0 Å². The second-order valence-electron chi connectivity index (χ2n) is 6.79. The SMILES string of the molecule is COc1cccc(-c2ccc(C(=O)N3CCN(c4cccnc4)C(=O)C3)cc2)c1. The van der Waals surface area contributed by atoms with E-state index < -0.39 is 0 Å². The molecule has 0 radical (unpaired) electrons. The molecule has 0 bridgehead atoms. The van der Waals surface area contributed by atoms with Crippen LogP contribution in [-0.4, -0.2) is 48.4 Å². The topological polar surface area (TPSA) is 62.7 Å². The van der Waals surface area contributed by atoms with Gasteiger partial charge in [-0.05, 0) is 47.5 Å². The van der Waals surface area contributed by atoms with E-state index in [2.05, 4.69) is 4.98 Å². The first-order valence-corrected chi connectivity index (χ1v) is 9.40. The molecule has 1 aliphatic heterocycles. The number of aromatic nitrogens is 1. The average Bonchev–Trinajstić information content (AvgIpc) is 2.79. The van der Waals surface area contributed by atoms with E-state index in [1.165, 1.54) is 0 Å². The van der Waals surface area contributed by atoms with Gasteiger partial charge in [-0.3, -0.25) is 14.6 Å². The molecule has 3 aromatic rings. The lowest BCUT2D eigenvalue weighted by atomic mass is 10.0. The molecular weight excluding hydrogens is 366 g/mol. The molecule has 6 heteroatoms. The van der Waals surface area contributed by atoms with Crippen LogP contribution in [0.15, 0.2) is 73.1 Å². The zero-order valence-corrected chi connectivity index (χ0v) is 16.1. The maximum absolute atomic E-state index is 12.9. The number of pyridine rings is 1. The number of anilines is 1. The fourth-order valence-corrected chi connectivity index (χ4v) is 3.42. The summed E-state index contributed by atoms with van der Waals surface area (Å²) < 4.78 is 5.27. The number of carbonyl (C=O) groups excluding carboxylic acids is 2. The first-order chi connectivity index (χ1) is 14.2. The third kappa shape index (κ3) is 3.96. The molecule has 0 saturated carbocycles. The van der Waals surface area contributed by atoms with Gasteiger partial charge >= 0.3 is 0 Å². The molecule has 146 valence electrons. The Balaban J connectivity index is 1.45. The van der Waals surface area contributed by atoms with Crippen molar-refractivity contribution in [2.45, 2.75) is 0 Å². The number of hydrogen-bond acceptors (Lipinski definition) is 4. The molecule has 0 spiro atoms. The van der Waals surface area contributed by atoms with Crippen LogP contribution in [0, 0.1) is 0 Å². The standard InChI is InChI=1S/C23H21N3O3/c1-29-21-6-2-4-19(14-21)17-7-9-18(10-8-17)23(28)25-12-13-26(22(27)16-25)20-5-3-11-24-15-20/h2-11,14-15H,12-13,16H2,1H3. The van der Waals surface area contributed by atoms with E-state index in [1.807, 2.05) is 42.5 Å². The first-order valence-electron chi connectivity index (χ1n) is 9.40. The summed E-state index contributed by atoms with van der Waals surface area (Å²) in [6.07, 6.45) is 3.33. The Kier molecular flexibility index (Phi) is 5.24. The van der Waals surface area contributed by atoms with Crippen LogP contribution in [-0.2, 0) is 4.79 Å². The Morgan fingerprint density at radius 1 is 1.00 bits per heavy atom. The number of carbonyl (C=O) groups is 2. The predicted octanol–water partition coefficient (Wildman–Crippen LogP) is 3.25. The lowest BCUT2D eigenvalue weighted by Crippen LogP contribution is -2.52. The van der Waals surface area contributed by atoms with Gasteiger partial charge in [0.2, 0.25) is 5.91 Å². The fraction of sp³-hybridized carbons (Fsp3) is 0.174. The molecule has 2 aromatic carbocycles. The van der Waals surface area contributed by atoms with Crippen molar-refractivity contribution in [3.05, 3.63) is 78.6 Å². The smallest absolute Gasteiger partial charge is 0.254 e. The molecular formula is C23H21N3O3. The van der Waals surface area contributed by atoms with Crippen LogP contribution in [0.3, 0.4) is 0 Å². The Morgan fingerprint density at radius 3 is 2.52 bits per heavy atom. The van der Waals surface area contributed by atoms with Crippen molar-refractivity contribution in [1.29, 1.82) is 0 Å². The van der Waals surface area contributed by atoms with Gasteiger partial charge in [0, 0.05) is 24.8 Å². The van der Waals surface area contributed by atoms with Crippen molar-refractivity contribution < 1.29 is 14.3 Å². The summed E-state index contributed by atoms with van der Waals surface area (Å²) in [5.41, 5.74) is 3.34. The number of hydrogen-bond donors (Lipinski definition) is 0. The van der Waals surface area contributed by atoms with E-state index in [1.54, 1.807) is 47.5 Å². The molecule has 2 amide bonds. The van der Waals surface area contributed by atoms with Crippen molar-refractivity contribution in [1.82, 2.24) is 9.88 Å². The number of nitrogens with zero attached hydrogens (tertiary/aromatic N) is 3. The van der Waals surface area contributed by atoms with Gasteiger partial charge in [0.1, 0.15) is 12.3 Å². The van der Waals surface area contributed by atoms with Gasteiger partial charge in [0.15, 0.2) is 0 Å². The number of methoxy groups -OCH3 is 1. The third-order valence-corrected chi connectivity index (χ3v) is 5.00. The van der Waals surface area contributed by atoms with Crippen molar-refractivity contribution in [3.8, 4) is 16.9 Å². The molecule has 6 nitrogen and oxygen atoms in total. The predicted molar refractivity (Wildman–Crippen MR) is 111 cm³/mol. The third-order valence-electron chi connectivity index (χ3n) is 5.00. The van der Waals surface area contributed by atoms with Crippen molar-refractivity contribution in [2.75, 3.05) is 31.6 Å². The van der Waals surface area contributed by atoms with E-state index in [-0.39, 0.29) is 18.4 Å². The first kappa shape index (κ1) is 18.7. The van der Waals surface area contributed by atoms with E-state index in [9.17, 15) is 9.59 Å². The normalized spacial score (nSPS) is 14.0.